The third-order valence-electron chi connectivity index (χ3n) is 10.0. The SMILES string of the molecule is N#Cc1cccc([C@]23CCC(N(CC4CCN(C(=O)CCc5ccccc5)CC4)C(=O)Nc4ccc(F)c(Cl)c4)C[C@@H]2C3)c1. The third-order valence-corrected chi connectivity index (χ3v) is 10.3. The Hall–Kier alpha value is -3.89. The lowest BCUT2D eigenvalue weighted by atomic mass is 9.79. The van der Waals surface area contributed by atoms with Crippen molar-refractivity contribution in [2.45, 2.75) is 62.8 Å². The van der Waals surface area contributed by atoms with Gasteiger partial charge < -0.3 is 15.1 Å². The molecule has 6 rings (SSSR count). The van der Waals surface area contributed by atoms with Crippen molar-refractivity contribution in [3.05, 3.63) is 100 Å². The van der Waals surface area contributed by atoms with Crippen molar-refractivity contribution in [3.8, 4) is 6.07 Å². The molecule has 1 heterocycles. The number of fused-ring (bicyclic) bond motifs is 1. The van der Waals surface area contributed by atoms with Crippen LogP contribution in [0.15, 0.2) is 72.8 Å². The van der Waals surface area contributed by atoms with E-state index >= 15 is 0 Å². The van der Waals surface area contributed by atoms with E-state index < -0.39 is 5.82 Å². The molecule has 3 aromatic rings. The predicted octanol–water partition coefficient (Wildman–Crippen LogP) is 7.57. The number of aryl methyl sites for hydroxylation is 1. The molecule has 0 aromatic heterocycles. The second kappa shape index (κ2) is 13.0. The summed E-state index contributed by atoms with van der Waals surface area (Å²) in [6.07, 6.45) is 6.78. The van der Waals surface area contributed by atoms with Crippen LogP contribution in [0, 0.1) is 29.0 Å². The summed E-state index contributed by atoms with van der Waals surface area (Å²) >= 11 is 6.01. The van der Waals surface area contributed by atoms with Crippen LogP contribution in [-0.2, 0) is 16.6 Å². The largest absolute Gasteiger partial charge is 0.343 e. The molecule has 228 valence electrons. The summed E-state index contributed by atoms with van der Waals surface area (Å²) in [5.41, 5.74) is 3.66. The van der Waals surface area contributed by atoms with Crippen LogP contribution in [0.3, 0.4) is 0 Å². The summed E-state index contributed by atoms with van der Waals surface area (Å²) in [6, 6.07) is 24.5. The highest BCUT2D eigenvalue weighted by atomic mass is 35.5. The van der Waals surface area contributed by atoms with Crippen LogP contribution >= 0.6 is 11.6 Å². The Bertz CT molecular complexity index is 1550. The molecule has 1 unspecified atom stereocenters. The van der Waals surface area contributed by atoms with Gasteiger partial charge in [-0.3, -0.25) is 4.79 Å². The van der Waals surface area contributed by atoms with Gasteiger partial charge in [0.2, 0.25) is 5.91 Å². The van der Waals surface area contributed by atoms with E-state index in [-0.39, 0.29) is 34.3 Å². The molecule has 1 saturated heterocycles. The number of piperidine rings is 1. The number of nitrogens with one attached hydrogen (secondary N) is 1. The smallest absolute Gasteiger partial charge is 0.322 e. The normalized spacial score (nSPS) is 22.9. The maximum Gasteiger partial charge on any atom is 0.322 e. The van der Waals surface area contributed by atoms with Gasteiger partial charge in [-0.1, -0.05) is 54.1 Å². The van der Waals surface area contributed by atoms with Crippen molar-refractivity contribution < 1.29 is 14.0 Å². The number of nitrogens with zero attached hydrogens (tertiary/aromatic N) is 3. The Kier molecular flexibility index (Phi) is 8.91. The number of hydrogen-bond donors (Lipinski definition) is 1. The van der Waals surface area contributed by atoms with Crippen LogP contribution in [0.4, 0.5) is 14.9 Å². The van der Waals surface area contributed by atoms with E-state index in [1.165, 1.54) is 29.3 Å². The van der Waals surface area contributed by atoms with Crippen molar-refractivity contribution in [3.63, 3.8) is 0 Å². The van der Waals surface area contributed by atoms with Crippen molar-refractivity contribution in [1.29, 1.82) is 5.26 Å². The Morgan fingerprint density at radius 2 is 1.84 bits per heavy atom. The fraction of sp³-hybridized carbons (Fsp3) is 0.417. The highest BCUT2D eigenvalue weighted by Crippen LogP contribution is 2.63. The minimum absolute atomic E-state index is 0.0290. The molecule has 0 spiro atoms. The van der Waals surface area contributed by atoms with Gasteiger partial charge >= 0.3 is 6.03 Å². The van der Waals surface area contributed by atoms with Gasteiger partial charge in [0.15, 0.2) is 0 Å². The molecule has 3 amide bonds. The summed E-state index contributed by atoms with van der Waals surface area (Å²) < 4.78 is 13.8. The Morgan fingerprint density at radius 1 is 1.05 bits per heavy atom. The molecular weight excluding hydrogens is 575 g/mol. The molecule has 3 atom stereocenters. The zero-order valence-electron chi connectivity index (χ0n) is 24.9. The number of likely N-dealkylation sites (tertiary alicyclic amines) is 1. The van der Waals surface area contributed by atoms with Crippen molar-refractivity contribution >= 4 is 29.2 Å². The zero-order chi connectivity index (χ0) is 30.7. The second-order valence-electron chi connectivity index (χ2n) is 12.7. The van der Waals surface area contributed by atoms with Crippen molar-refractivity contribution in [1.82, 2.24) is 9.80 Å². The zero-order valence-corrected chi connectivity index (χ0v) is 25.6. The van der Waals surface area contributed by atoms with E-state index in [0.717, 1.165) is 44.9 Å². The number of rotatable bonds is 8. The molecule has 2 saturated carbocycles. The van der Waals surface area contributed by atoms with Gasteiger partial charge in [-0.2, -0.15) is 5.26 Å². The molecule has 8 heteroatoms. The van der Waals surface area contributed by atoms with Crippen molar-refractivity contribution in [2.75, 3.05) is 25.0 Å². The first-order valence-electron chi connectivity index (χ1n) is 15.7. The van der Waals surface area contributed by atoms with Crippen LogP contribution in [-0.4, -0.2) is 47.4 Å². The molecule has 1 aliphatic heterocycles. The number of carbonyl (C=O) groups excluding carboxylic acids is 2. The highest BCUT2D eigenvalue weighted by molar-refractivity contribution is 6.31. The number of halogens is 2. The fourth-order valence-corrected chi connectivity index (χ4v) is 7.59. The van der Waals surface area contributed by atoms with Crippen molar-refractivity contribution in [2.24, 2.45) is 11.8 Å². The number of urea groups is 1. The average Bonchev–Trinajstić information content (AvgIpc) is 3.80. The molecule has 1 N–H and O–H groups in total. The Morgan fingerprint density at radius 3 is 2.57 bits per heavy atom. The molecule has 3 fully saturated rings. The number of hydrogen-bond acceptors (Lipinski definition) is 3. The predicted molar refractivity (Wildman–Crippen MR) is 170 cm³/mol. The van der Waals surface area contributed by atoms with Gasteiger partial charge in [-0.05, 0) is 104 Å². The summed E-state index contributed by atoms with van der Waals surface area (Å²) in [7, 11) is 0. The number of anilines is 1. The van der Waals surface area contributed by atoms with Crippen LogP contribution in [0.25, 0.3) is 0 Å². The Labute approximate surface area is 263 Å². The van der Waals surface area contributed by atoms with E-state index in [2.05, 4.69) is 29.6 Å². The van der Waals surface area contributed by atoms with Gasteiger partial charge in [-0.25, -0.2) is 9.18 Å². The number of nitriles is 1. The van der Waals surface area contributed by atoms with E-state index in [0.29, 0.717) is 43.2 Å². The quantitative estimate of drug-likeness (QED) is 0.285. The minimum atomic E-state index is -0.524. The lowest BCUT2D eigenvalue weighted by Gasteiger charge is -2.40. The topological polar surface area (TPSA) is 76.4 Å². The van der Waals surface area contributed by atoms with Crippen LogP contribution in [0.2, 0.25) is 5.02 Å². The van der Waals surface area contributed by atoms with Gasteiger partial charge in [0, 0.05) is 37.8 Å². The molecule has 3 aliphatic rings. The molecule has 6 nitrogen and oxygen atoms in total. The number of benzene rings is 3. The third kappa shape index (κ3) is 6.61. The summed E-state index contributed by atoms with van der Waals surface area (Å²) in [6.45, 7) is 2.01. The van der Waals surface area contributed by atoms with Gasteiger partial charge in [-0.15, -0.1) is 0 Å². The molecule has 0 radical (unpaired) electrons. The summed E-state index contributed by atoms with van der Waals surface area (Å²) in [5.74, 6) is 0.418. The molecule has 0 bridgehead atoms. The highest BCUT2D eigenvalue weighted by Gasteiger charge is 2.58. The summed E-state index contributed by atoms with van der Waals surface area (Å²) in [5, 5.41) is 12.4. The monoisotopic (exact) mass is 612 g/mol. The van der Waals surface area contributed by atoms with E-state index in [1.807, 2.05) is 46.2 Å². The van der Waals surface area contributed by atoms with Crippen LogP contribution < -0.4 is 5.32 Å². The second-order valence-corrected chi connectivity index (χ2v) is 13.1. The molecular formula is C36H38ClFN4O2. The number of carbonyl (C=O) groups is 2. The average molecular weight is 613 g/mol. The van der Waals surface area contributed by atoms with Gasteiger partial charge in [0.05, 0.1) is 16.7 Å². The first-order chi connectivity index (χ1) is 21.3. The fourth-order valence-electron chi connectivity index (χ4n) is 7.41. The maximum absolute atomic E-state index is 13.8. The maximum atomic E-state index is 13.8. The minimum Gasteiger partial charge on any atom is -0.343 e. The number of amides is 3. The molecule has 44 heavy (non-hydrogen) atoms. The van der Waals surface area contributed by atoms with E-state index in [1.54, 1.807) is 0 Å². The van der Waals surface area contributed by atoms with E-state index in [9.17, 15) is 19.2 Å². The first-order valence-corrected chi connectivity index (χ1v) is 16.1. The molecule has 3 aromatic carbocycles. The van der Waals surface area contributed by atoms with Gasteiger partial charge in [0.25, 0.3) is 0 Å². The summed E-state index contributed by atoms with van der Waals surface area (Å²) in [4.78, 5) is 30.7. The lowest BCUT2D eigenvalue weighted by Crippen LogP contribution is -2.49. The molecule has 2 aliphatic carbocycles. The van der Waals surface area contributed by atoms with Crippen LogP contribution in [0.5, 0.6) is 0 Å². The Balaban J connectivity index is 1.10. The van der Waals surface area contributed by atoms with Gasteiger partial charge in [0.1, 0.15) is 5.82 Å². The van der Waals surface area contributed by atoms with Crippen LogP contribution in [0.1, 0.15) is 61.6 Å². The lowest BCUT2D eigenvalue weighted by molar-refractivity contribution is -0.132. The first kappa shape index (κ1) is 30.1. The standard InChI is InChI=1S/C36H38ClFN4O2/c37-32-21-30(10-11-33(32)38)40-35(44)42(31-13-16-36(22-29(36)20-31)28-8-4-7-27(19-28)23-39)24-26-14-17-41(18-15-26)34(43)12-9-25-5-2-1-3-6-25/h1-8,10-11,19,21,26,29,31H,9,12-18,20,22,24H2,(H,40,44)/t29-,31?,36-/m1/s1. The van der Waals surface area contributed by atoms with E-state index in [4.69, 9.17) is 11.6 Å².